The van der Waals surface area contributed by atoms with Gasteiger partial charge in [-0.05, 0) is 61.3 Å². The third-order valence-corrected chi connectivity index (χ3v) is 6.79. The van der Waals surface area contributed by atoms with Crippen LogP contribution >= 0.6 is 0 Å². The van der Waals surface area contributed by atoms with Crippen molar-refractivity contribution in [2.24, 2.45) is 5.41 Å². The Hall–Kier alpha value is -3.18. The van der Waals surface area contributed by atoms with Crippen LogP contribution in [-0.2, 0) is 14.3 Å². The molecule has 32 heavy (non-hydrogen) atoms. The SMILES string of the molecule is Cc1cc([C@H](O)CN2CCC3(CC2)CCN(C2=CC(=O)OC2)C3=O)ncc1-n1cnnn1. The van der Waals surface area contributed by atoms with Crippen LogP contribution < -0.4 is 0 Å². The van der Waals surface area contributed by atoms with Crippen LogP contribution in [0.15, 0.2) is 30.4 Å². The minimum absolute atomic E-state index is 0.0951. The number of nitrogens with zero attached hydrogens (tertiary/aromatic N) is 7. The van der Waals surface area contributed by atoms with Crippen LogP contribution in [0.5, 0.6) is 0 Å². The van der Waals surface area contributed by atoms with Gasteiger partial charge in [-0.3, -0.25) is 9.78 Å². The fraction of sp³-hybridized carbons (Fsp3) is 0.524. The van der Waals surface area contributed by atoms with E-state index in [0.717, 1.165) is 43.6 Å². The first-order chi connectivity index (χ1) is 15.4. The van der Waals surface area contributed by atoms with Crippen LogP contribution in [-0.4, -0.2) is 84.8 Å². The summed E-state index contributed by atoms with van der Waals surface area (Å²) < 4.78 is 6.50. The average Bonchev–Trinajstić information content (AvgIpc) is 3.52. The Balaban J connectivity index is 1.19. The summed E-state index contributed by atoms with van der Waals surface area (Å²) in [4.78, 5) is 32.8. The van der Waals surface area contributed by atoms with E-state index < -0.39 is 6.10 Å². The second kappa shape index (κ2) is 8.06. The van der Waals surface area contributed by atoms with E-state index in [0.29, 0.717) is 24.5 Å². The minimum Gasteiger partial charge on any atom is -0.456 e. The molecule has 0 aromatic carbocycles. The number of carbonyl (C=O) groups excluding carboxylic acids is 2. The van der Waals surface area contributed by atoms with Crippen LogP contribution in [0.2, 0.25) is 0 Å². The molecule has 2 saturated heterocycles. The summed E-state index contributed by atoms with van der Waals surface area (Å²) in [6.45, 7) is 4.64. The number of tetrazole rings is 1. The third-order valence-electron chi connectivity index (χ3n) is 6.79. The molecule has 1 atom stereocenters. The Morgan fingerprint density at radius 1 is 1.22 bits per heavy atom. The highest BCUT2D eigenvalue weighted by Crippen LogP contribution is 2.43. The molecule has 2 aromatic rings. The van der Waals surface area contributed by atoms with Gasteiger partial charge in [0, 0.05) is 19.2 Å². The number of hydrogen-bond donors (Lipinski definition) is 1. The molecule has 168 valence electrons. The standard InChI is InChI=1S/C21H25N7O4/c1-14-8-16(22-10-17(14)28-13-23-24-25-28)18(29)11-26-5-2-21(3-6-26)4-7-27(20(21)31)15-9-19(30)32-12-15/h8-10,13,18,29H,2-7,11-12H2,1H3/t18-/m1/s1. The van der Waals surface area contributed by atoms with Crippen molar-refractivity contribution in [3.05, 3.63) is 41.6 Å². The number of piperidine rings is 1. The van der Waals surface area contributed by atoms with Crippen molar-refractivity contribution in [2.75, 3.05) is 32.8 Å². The molecular formula is C21H25N7O4. The van der Waals surface area contributed by atoms with E-state index in [4.69, 9.17) is 4.74 Å². The van der Waals surface area contributed by atoms with Gasteiger partial charge in [-0.1, -0.05) is 0 Å². The number of likely N-dealkylation sites (tertiary alicyclic amines) is 2. The summed E-state index contributed by atoms with van der Waals surface area (Å²) in [7, 11) is 0. The molecule has 3 aliphatic heterocycles. The maximum Gasteiger partial charge on any atom is 0.333 e. The van der Waals surface area contributed by atoms with Crippen molar-refractivity contribution in [3.8, 4) is 5.69 Å². The van der Waals surface area contributed by atoms with Gasteiger partial charge in [0.15, 0.2) is 0 Å². The van der Waals surface area contributed by atoms with Crippen molar-refractivity contribution < 1.29 is 19.4 Å². The number of pyridine rings is 1. The first kappa shape index (κ1) is 20.7. The second-order valence-corrected chi connectivity index (χ2v) is 8.70. The summed E-state index contributed by atoms with van der Waals surface area (Å²) in [5.74, 6) is -0.287. The first-order valence-electron chi connectivity index (χ1n) is 10.7. The van der Waals surface area contributed by atoms with Crippen molar-refractivity contribution >= 4 is 11.9 Å². The summed E-state index contributed by atoms with van der Waals surface area (Å²) >= 11 is 0. The van der Waals surface area contributed by atoms with Gasteiger partial charge >= 0.3 is 5.97 Å². The zero-order chi connectivity index (χ0) is 22.3. The van der Waals surface area contributed by atoms with Gasteiger partial charge in [-0.15, -0.1) is 5.10 Å². The van der Waals surface area contributed by atoms with E-state index in [1.165, 1.54) is 17.1 Å². The van der Waals surface area contributed by atoms with Crippen molar-refractivity contribution in [1.29, 1.82) is 0 Å². The summed E-state index contributed by atoms with van der Waals surface area (Å²) in [6.07, 6.45) is 6.11. The number of rotatable bonds is 5. The lowest BCUT2D eigenvalue weighted by molar-refractivity contribution is -0.138. The van der Waals surface area contributed by atoms with E-state index in [1.54, 1.807) is 11.1 Å². The molecule has 11 nitrogen and oxygen atoms in total. The number of aliphatic hydroxyl groups is 1. The molecule has 2 aromatic heterocycles. The van der Waals surface area contributed by atoms with Gasteiger partial charge < -0.3 is 19.6 Å². The molecule has 0 aliphatic carbocycles. The number of cyclic esters (lactones) is 1. The molecule has 1 amide bonds. The average molecular weight is 439 g/mol. The number of esters is 1. The van der Waals surface area contributed by atoms with Gasteiger partial charge in [-0.25, -0.2) is 4.79 Å². The van der Waals surface area contributed by atoms with Crippen LogP contribution in [0.25, 0.3) is 5.69 Å². The Kier molecular flexibility index (Phi) is 5.22. The summed E-state index contributed by atoms with van der Waals surface area (Å²) in [5, 5.41) is 21.9. The Labute approximate surface area is 184 Å². The van der Waals surface area contributed by atoms with E-state index in [1.807, 2.05) is 13.0 Å². The maximum atomic E-state index is 13.1. The molecule has 3 aliphatic rings. The first-order valence-corrected chi connectivity index (χ1v) is 10.7. The fourth-order valence-electron chi connectivity index (χ4n) is 4.84. The van der Waals surface area contributed by atoms with Gasteiger partial charge in [0.05, 0.1) is 28.7 Å². The number of aliphatic hydroxyl groups excluding tert-OH is 1. The minimum atomic E-state index is -0.728. The molecule has 5 rings (SSSR count). The molecular weight excluding hydrogens is 414 g/mol. The molecule has 11 heteroatoms. The Morgan fingerprint density at radius 2 is 2.00 bits per heavy atom. The molecule has 1 spiro atoms. The monoisotopic (exact) mass is 439 g/mol. The van der Waals surface area contributed by atoms with Crippen LogP contribution in [0, 0.1) is 12.3 Å². The van der Waals surface area contributed by atoms with Gasteiger partial charge in [0.2, 0.25) is 5.91 Å². The van der Waals surface area contributed by atoms with Crippen molar-refractivity contribution in [1.82, 2.24) is 35.0 Å². The molecule has 0 radical (unpaired) electrons. The lowest BCUT2D eigenvalue weighted by atomic mass is 9.77. The van der Waals surface area contributed by atoms with E-state index in [-0.39, 0.29) is 23.9 Å². The predicted molar refractivity (Wildman–Crippen MR) is 110 cm³/mol. The highest BCUT2D eigenvalue weighted by atomic mass is 16.5. The molecule has 1 N–H and O–H groups in total. The van der Waals surface area contributed by atoms with Gasteiger partial charge in [0.25, 0.3) is 0 Å². The molecule has 0 saturated carbocycles. The number of aromatic nitrogens is 5. The lowest BCUT2D eigenvalue weighted by Crippen LogP contribution is -2.45. The van der Waals surface area contributed by atoms with E-state index in [9.17, 15) is 14.7 Å². The van der Waals surface area contributed by atoms with Crippen molar-refractivity contribution in [3.63, 3.8) is 0 Å². The number of aryl methyl sites for hydroxylation is 1. The molecule has 5 heterocycles. The Bertz CT molecular complexity index is 1060. The maximum absolute atomic E-state index is 13.1. The van der Waals surface area contributed by atoms with Gasteiger partial charge in [0.1, 0.15) is 19.0 Å². The molecule has 0 bridgehead atoms. The smallest absolute Gasteiger partial charge is 0.333 e. The third kappa shape index (κ3) is 3.67. The summed E-state index contributed by atoms with van der Waals surface area (Å²) in [6, 6.07) is 1.85. The van der Waals surface area contributed by atoms with Crippen LogP contribution in [0.3, 0.4) is 0 Å². The molecule has 0 unspecified atom stereocenters. The zero-order valence-electron chi connectivity index (χ0n) is 17.8. The number of hydrogen-bond acceptors (Lipinski definition) is 9. The Morgan fingerprint density at radius 3 is 2.66 bits per heavy atom. The number of amides is 1. The zero-order valence-corrected chi connectivity index (χ0v) is 17.8. The quantitative estimate of drug-likeness (QED) is 0.648. The normalized spacial score (nSPS) is 21.8. The van der Waals surface area contributed by atoms with Crippen molar-refractivity contribution in [2.45, 2.75) is 32.3 Å². The number of carbonyl (C=O) groups is 2. The highest BCUT2D eigenvalue weighted by molar-refractivity contribution is 5.90. The van der Waals surface area contributed by atoms with Gasteiger partial charge in [-0.2, -0.15) is 4.68 Å². The predicted octanol–water partition coefficient (Wildman–Crippen LogP) is 0.154. The highest BCUT2D eigenvalue weighted by Gasteiger charge is 2.49. The van der Waals surface area contributed by atoms with E-state index in [2.05, 4.69) is 25.4 Å². The van der Waals surface area contributed by atoms with Crippen LogP contribution in [0.1, 0.15) is 36.6 Å². The lowest BCUT2D eigenvalue weighted by Gasteiger charge is -2.38. The summed E-state index contributed by atoms with van der Waals surface area (Å²) in [5.41, 5.74) is 2.57. The number of ether oxygens (including phenoxy) is 1. The second-order valence-electron chi connectivity index (χ2n) is 8.70. The molecule has 2 fully saturated rings. The fourth-order valence-corrected chi connectivity index (χ4v) is 4.84. The van der Waals surface area contributed by atoms with Crippen LogP contribution in [0.4, 0.5) is 0 Å². The number of β-amino-alcohol motifs (C(OH)–C–C–N with tert-alkyl or cyclic N) is 1. The topological polar surface area (TPSA) is 127 Å². The largest absolute Gasteiger partial charge is 0.456 e. The van der Waals surface area contributed by atoms with E-state index >= 15 is 0 Å².